The highest BCUT2D eigenvalue weighted by Gasteiger charge is 2.26. The van der Waals surface area contributed by atoms with Crippen LogP contribution in [0.25, 0.3) is 0 Å². The fraction of sp³-hybridized carbons (Fsp3) is 0.0450. The first-order valence-electron chi connectivity index (χ1n) is 43.9. The van der Waals surface area contributed by atoms with Crippen LogP contribution in [0.2, 0.25) is 0 Å². The number of carbonyl (C=O) groups is 6. The summed E-state index contributed by atoms with van der Waals surface area (Å²) in [5.74, 6) is -1.09. The summed E-state index contributed by atoms with van der Waals surface area (Å²) in [6, 6.07) is 68.0. The van der Waals surface area contributed by atoms with Crippen LogP contribution >= 0.6 is 0 Å². The molecule has 0 unspecified atom stereocenters. The summed E-state index contributed by atoms with van der Waals surface area (Å²) < 4.78 is 129. The molecule has 12 aromatic carbocycles. The van der Waals surface area contributed by atoms with Gasteiger partial charge in [-0.2, -0.15) is 4.39 Å². The van der Waals surface area contributed by atoms with Crippen molar-refractivity contribution >= 4 is 69.6 Å². The van der Waals surface area contributed by atoms with Crippen LogP contribution in [0, 0.1) is 74.5 Å². The summed E-state index contributed by atoms with van der Waals surface area (Å²) in [6.07, 6.45) is 36.3. The molecule has 0 spiro atoms. The van der Waals surface area contributed by atoms with Gasteiger partial charge in [0.15, 0.2) is 57.6 Å². The van der Waals surface area contributed by atoms with Gasteiger partial charge in [-0.3, -0.25) is 28.8 Å². The molecule has 18 rings (SSSR count). The second-order valence-electron chi connectivity index (χ2n) is 31.1. The molecule has 0 aliphatic rings. The van der Waals surface area contributed by atoms with E-state index in [1.807, 2.05) is 63.2 Å². The number of aromatic nitrogens is 12. The maximum atomic E-state index is 13.9. The Morgan fingerprint density at radius 3 is 0.885 bits per heavy atom. The van der Waals surface area contributed by atoms with Gasteiger partial charge in [0.2, 0.25) is 5.82 Å². The number of amides is 6. The number of ether oxygens (including phenoxy) is 6. The first-order valence-corrected chi connectivity index (χ1v) is 43.9. The molecular weight excluding hydrogens is 1910 g/mol. The summed E-state index contributed by atoms with van der Waals surface area (Å²) in [5.41, 5.74) is 8.45. The van der Waals surface area contributed by atoms with Gasteiger partial charge in [-0.25, -0.2) is 86.2 Å². The Kier molecular flexibility index (Phi) is 36.8. The lowest BCUT2D eigenvalue weighted by Gasteiger charge is -2.12. The molecule has 0 aliphatic heterocycles. The molecule has 30 nitrogen and oxygen atoms in total. The Morgan fingerprint density at radius 1 is 0.264 bits per heavy atom. The molecule has 736 valence electrons. The minimum Gasteiger partial charge on any atom is -0.454 e. The SMILES string of the molecule is C#Cc1cccc(C(=O)Nc2ccc(F)c(Oc3cncnc3)c2)c1.C#Cc1cccc(C(=O)Nc2cccc(Oc3cncnc3)c2)c1.CC(F)(F)c1cccc(C(=O)Nc2cc(F)cc(Oc3cncnc3)c2)c1.Cc1cccc(C(=O)Nc2cc(F)c(F)c(Oc3cncnc3)c2)c1.Cc1cccc(C(=O)Nc2cc(F)cc(Oc3cncnc3)c2)c1.Cc1cccc(C(=O)Nc2cccc(Oc3cncnc3)c2)c1. The normalized spacial score (nSPS) is 10.3. The second-order valence-corrected chi connectivity index (χ2v) is 31.1. The molecule has 0 saturated carbocycles. The van der Waals surface area contributed by atoms with Gasteiger partial charge < -0.3 is 60.3 Å². The molecule has 6 amide bonds. The van der Waals surface area contributed by atoms with E-state index in [1.165, 1.54) is 154 Å². The summed E-state index contributed by atoms with van der Waals surface area (Å²) in [5, 5.41) is 16.0. The van der Waals surface area contributed by atoms with Crippen LogP contribution in [0.3, 0.4) is 0 Å². The summed E-state index contributed by atoms with van der Waals surface area (Å²) in [4.78, 5) is 120. The number of benzene rings is 12. The van der Waals surface area contributed by atoms with Gasteiger partial charge >= 0.3 is 0 Å². The number of carbonyl (C=O) groups excluding carboxylic acids is 6. The van der Waals surface area contributed by atoms with Crippen molar-refractivity contribution in [2.45, 2.75) is 33.6 Å². The monoisotopic (exact) mass is 1990 g/mol. The van der Waals surface area contributed by atoms with E-state index < -0.39 is 46.8 Å². The average Bonchev–Trinajstić information content (AvgIpc) is 0.832. The van der Waals surface area contributed by atoms with Crippen molar-refractivity contribution in [3.8, 4) is 93.7 Å². The van der Waals surface area contributed by atoms with E-state index in [-0.39, 0.29) is 80.6 Å². The van der Waals surface area contributed by atoms with Crippen molar-refractivity contribution in [3.05, 3.63) is 469 Å². The van der Waals surface area contributed by atoms with Crippen LogP contribution in [-0.2, 0) is 5.92 Å². The van der Waals surface area contributed by atoms with Crippen molar-refractivity contribution in [1.82, 2.24) is 59.8 Å². The van der Waals surface area contributed by atoms with Gasteiger partial charge in [-0.05, 0) is 154 Å². The smallest absolute Gasteiger partial charge is 0.270 e. The van der Waals surface area contributed by atoms with E-state index in [0.29, 0.717) is 96.2 Å². The third kappa shape index (κ3) is 33.0. The van der Waals surface area contributed by atoms with Crippen LogP contribution in [0.1, 0.15) is 102 Å². The topological polar surface area (TPSA) is 385 Å². The molecule has 0 radical (unpaired) electrons. The summed E-state index contributed by atoms with van der Waals surface area (Å²) in [6.45, 7) is 6.44. The maximum Gasteiger partial charge on any atom is 0.270 e. The number of halogens is 7. The molecule has 6 aromatic heterocycles. The minimum absolute atomic E-state index is 0.0252. The van der Waals surface area contributed by atoms with Crippen molar-refractivity contribution in [2.75, 3.05) is 31.9 Å². The predicted molar refractivity (Wildman–Crippen MR) is 537 cm³/mol. The van der Waals surface area contributed by atoms with Gasteiger partial charge in [0.05, 0.1) is 74.4 Å². The molecule has 6 heterocycles. The van der Waals surface area contributed by atoms with E-state index in [4.69, 9.17) is 41.3 Å². The van der Waals surface area contributed by atoms with Gasteiger partial charge in [0.1, 0.15) is 72.6 Å². The maximum absolute atomic E-state index is 13.9. The van der Waals surface area contributed by atoms with Crippen LogP contribution in [0.15, 0.2) is 373 Å². The van der Waals surface area contributed by atoms with Gasteiger partial charge in [0.25, 0.3) is 41.4 Å². The largest absolute Gasteiger partial charge is 0.454 e. The van der Waals surface area contributed by atoms with Gasteiger partial charge in [-0.1, -0.05) is 101 Å². The minimum atomic E-state index is -3.08. The highest BCUT2D eigenvalue weighted by atomic mass is 19.3. The fourth-order valence-electron chi connectivity index (χ4n) is 12.9. The summed E-state index contributed by atoms with van der Waals surface area (Å²) in [7, 11) is 0. The standard InChI is InChI=1S/C19H14F3N3O2.C19H12FN3O2.C19H13N3O2.C18H13F2N3O2.C18H14FN3O2.C18H15N3O2/c1-19(21,22)13-4-2-3-12(5-13)18(26)25-15-6-14(20)7-16(8-15)27-17-9-23-11-24-10-17;1-2-13-4-3-5-14(8-13)19(24)23-15-6-7-17(20)18(9-15)25-16-10-21-12-22-11-16;1-2-14-5-3-6-15(9-14)19(23)22-16-7-4-8-17(10-16)24-18-11-20-13-21-12-18;1-11-3-2-4-12(5-11)18(24)23-13-6-15(19)17(20)16(7-13)25-14-8-21-10-22-9-14;1-12-3-2-4-13(5-12)18(23)22-15-6-14(19)7-16(8-15)24-17-9-20-11-21-10-17;1-13-4-2-5-14(8-13)18(22)21-15-6-3-7-16(9-15)23-17-10-19-12-20-11-17/h2-11H,1H3,(H,25,26);1,3-12H,(H,23,24);1,3-13H,(H,22,23);2-10H,1H3,(H,23,24);2-11H,1H3,(H,22,23);2-12H,1H3,(H,21,22). The lowest BCUT2D eigenvalue weighted by Crippen LogP contribution is -2.14. The Balaban J connectivity index is 0.000000148. The molecule has 0 bridgehead atoms. The molecule has 0 saturated heterocycles. The number of nitrogens with zero attached hydrogens (tertiary/aromatic N) is 12. The second kappa shape index (κ2) is 52.0. The van der Waals surface area contributed by atoms with Crippen molar-refractivity contribution in [1.29, 1.82) is 0 Å². The number of nitrogens with one attached hydrogen (secondary N) is 6. The molecule has 0 aliphatic carbocycles. The lowest BCUT2D eigenvalue weighted by atomic mass is 10.1. The van der Waals surface area contributed by atoms with E-state index in [0.717, 1.165) is 47.9 Å². The Hall–Kier alpha value is -20.6. The van der Waals surface area contributed by atoms with Crippen LogP contribution in [-0.4, -0.2) is 95.3 Å². The van der Waals surface area contributed by atoms with Crippen LogP contribution < -0.4 is 60.3 Å². The van der Waals surface area contributed by atoms with E-state index >= 15 is 0 Å². The third-order valence-electron chi connectivity index (χ3n) is 19.6. The molecule has 6 N–H and O–H groups in total. The molecule has 0 atom stereocenters. The first-order chi connectivity index (χ1) is 71.5. The van der Waals surface area contributed by atoms with Crippen molar-refractivity contribution < 1.29 is 87.9 Å². The number of aryl methyl sites for hydroxylation is 3. The third-order valence-corrected chi connectivity index (χ3v) is 19.6. The number of rotatable bonds is 25. The number of hydrogen-bond acceptors (Lipinski definition) is 24. The van der Waals surface area contributed by atoms with Crippen LogP contribution in [0.5, 0.6) is 69.0 Å². The van der Waals surface area contributed by atoms with E-state index in [9.17, 15) is 59.5 Å². The number of hydrogen-bond donors (Lipinski definition) is 6. The number of anilines is 6. The number of terminal acetylenes is 2. The zero-order chi connectivity index (χ0) is 105. The van der Waals surface area contributed by atoms with E-state index in [2.05, 4.69) is 104 Å². The quantitative estimate of drug-likeness (QED) is 0.0229. The molecule has 0 fully saturated rings. The zero-order valence-electron chi connectivity index (χ0n) is 78.3. The zero-order valence-corrected chi connectivity index (χ0v) is 78.3. The first kappa shape index (κ1) is 105. The Morgan fingerprint density at radius 2 is 0.541 bits per heavy atom. The molecular formula is C111H81F7N18O12. The highest BCUT2D eigenvalue weighted by Crippen LogP contribution is 2.35. The van der Waals surface area contributed by atoms with E-state index in [1.54, 1.807) is 152 Å². The lowest BCUT2D eigenvalue weighted by molar-refractivity contribution is 0.0174. The van der Waals surface area contributed by atoms with Crippen molar-refractivity contribution in [3.63, 3.8) is 0 Å². The fourth-order valence-corrected chi connectivity index (χ4v) is 12.9. The Labute approximate surface area is 841 Å². The van der Waals surface area contributed by atoms with Crippen molar-refractivity contribution in [2.24, 2.45) is 0 Å². The van der Waals surface area contributed by atoms with Gasteiger partial charge in [-0.15, -0.1) is 12.8 Å². The average molecular weight is 1990 g/mol. The summed E-state index contributed by atoms with van der Waals surface area (Å²) >= 11 is 0. The predicted octanol–water partition coefficient (Wildman–Crippen LogP) is 23.8. The van der Waals surface area contributed by atoms with Crippen LogP contribution in [0.4, 0.5) is 64.9 Å². The molecule has 37 heteroatoms. The number of alkyl halides is 2. The molecule has 18 aromatic rings. The van der Waals surface area contributed by atoms with Gasteiger partial charge in [0, 0.05) is 146 Å². The highest BCUT2D eigenvalue weighted by molar-refractivity contribution is 6.08. The molecule has 148 heavy (non-hydrogen) atoms. The Bertz CT molecular complexity index is 7770.